The van der Waals surface area contributed by atoms with Crippen molar-refractivity contribution in [3.05, 3.63) is 70.4 Å². The van der Waals surface area contributed by atoms with Crippen LogP contribution in [0.25, 0.3) is 5.69 Å². The van der Waals surface area contributed by atoms with Gasteiger partial charge in [-0.2, -0.15) is 0 Å². The number of imidazole rings is 1. The Hall–Kier alpha value is -2.61. The molecule has 144 valence electrons. The van der Waals surface area contributed by atoms with Crippen LogP contribution < -0.4 is 10.2 Å². The first kappa shape index (κ1) is 18.7. The molecule has 0 radical (unpaired) electrons. The maximum Gasteiger partial charge on any atom is 0.238 e. The lowest BCUT2D eigenvalue weighted by atomic mass is 10.0. The molecule has 4 rings (SSSR count). The van der Waals surface area contributed by atoms with E-state index in [9.17, 15) is 0 Å². The molecular weight excluding hydrogens is 401 g/mol. The van der Waals surface area contributed by atoms with Crippen LogP contribution in [0, 0.1) is 0 Å². The van der Waals surface area contributed by atoms with Gasteiger partial charge in [0, 0.05) is 11.2 Å². The maximum absolute atomic E-state index is 5.99. The molecular formula is C19H17Cl2N5O2. The lowest BCUT2D eigenvalue weighted by Crippen LogP contribution is -2.38. The summed E-state index contributed by atoms with van der Waals surface area (Å²) in [6, 6.07) is 11.1. The normalized spacial score (nSPS) is 19.1. The topological polar surface area (TPSA) is 73.6 Å². The van der Waals surface area contributed by atoms with Crippen LogP contribution >= 0.6 is 23.2 Å². The van der Waals surface area contributed by atoms with Gasteiger partial charge in [0.25, 0.3) is 0 Å². The minimum absolute atomic E-state index is 0.154. The van der Waals surface area contributed by atoms with Gasteiger partial charge in [-0.25, -0.2) is 15.4 Å². The Kier molecular flexibility index (Phi) is 5.21. The number of rotatable bonds is 4. The van der Waals surface area contributed by atoms with Crippen LogP contribution in [0.3, 0.4) is 0 Å². The zero-order chi connectivity index (χ0) is 19.7. The van der Waals surface area contributed by atoms with E-state index in [1.165, 1.54) is 0 Å². The first-order valence-electron chi connectivity index (χ1n) is 8.55. The van der Waals surface area contributed by atoms with Gasteiger partial charge in [-0.05, 0) is 36.8 Å². The van der Waals surface area contributed by atoms with E-state index < -0.39 is 0 Å². The van der Waals surface area contributed by atoms with Crippen molar-refractivity contribution in [2.24, 2.45) is 4.99 Å². The number of nitrogens with one attached hydrogen (secondary N) is 1. The van der Waals surface area contributed by atoms with E-state index >= 15 is 0 Å². The number of aromatic nitrogens is 3. The van der Waals surface area contributed by atoms with E-state index in [0.29, 0.717) is 33.3 Å². The van der Waals surface area contributed by atoms with Gasteiger partial charge in [-0.15, -0.1) is 0 Å². The fourth-order valence-electron chi connectivity index (χ4n) is 2.95. The van der Waals surface area contributed by atoms with Crippen molar-refractivity contribution in [2.45, 2.75) is 19.1 Å². The summed E-state index contributed by atoms with van der Waals surface area (Å²) in [6.07, 6.45) is 3.12. The summed E-state index contributed by atoms with van der Waals surface area (Å²) >= 11 is 11.9. The number of methoxy groups -OCH3 is 1. The van der Waals surface area contributed by atoms with Crippen molar-refractivity contribution in [1.29, 1.82) is 0 Å². The molecule has 1 aromatic carbocycles. The molecule has 28 heavy (non-hydrogen) atoms. The lowest BCUT2D eigenvalue weighted by molar-refractivity contribution is -0.00478. The van der Waals surface area contributed by atoms with E-state index in [1.807, 2.05) is 43.3 Å². The van der Waals surface area contributed by atoms with E-state index in [-0.39, 0.29) is 12.1 Å². The fraction of sp³-hybridized carbons (Fsp3) is 0.211. The number of halogens is 2. The Morgan fingerprint density at radius 2 is 1.93 bits per heavy atom. The highest BCUT2D eigenvalue weighted by Crippen LogP contribution is 2.28. The Morgan fingerprint density at radius 3 is 2.61 bits per heavy atom. The molecule has 0 fully saturated rings. The molecule has 3 heterocycles. The molecule has 9 heteroatoms. The second kappa shape index (κ2) is 7.79. The largest absolute Gasteiger partial charge is 0.479 e. The summed E-state index contributed by atoms with van der Waals surface area (Å²) < 4.78 is 7.18. The van der Waals surface area contributed by atoms with Crippen molar-refractivity contribution in [2.75, 3.05) is 7.11 Å². The van der Waals surface area contributed by atoms with Crippen LogP contribution in [0.4, 0.5) is 0 Å². The van der Waals surface area contributed by atoms with Gasteiger partial charge in [0.1, 0.15) is 35.0 Å². The molecule has 2 unspecified atom stereocenters. The average Bonchev–Trinajstić information content (AvgIpc) is 3.15. The third-order valence-corrected chi connectivity index (χ3v) is 4.82. The monoisotopic (exact) mass is 417 g/mol. The third-order valence-electron chi connectivity index (χ3n) is 4.37. The minimum Gasteiger partial charge on any atom is -0.479 e. The lowest BCUT2D eigenvalue weighted by Gasteiger charge is -2.28. The molecule has 1 N–H and O–H groups in total. The summed E-state index contributed by atoms with van der Waals surface area (Å²) in [6.45, 7) is 1.95. The highest BCUT2D eigenvalue weighted by atomic mass is 35.5. The first-order chi connectivity index (χ1) is 13.5. The van der Waals surface area contributed by atoms with Crippen LogP contribution in [0.5, 0.6) is 5.88 Å². The fourth-order valence-corrected chi connectivity index (χ4v) is 3.22. The number of ether oxygens (including phenoxy) is 1. The number of pyridine rings is 1. The van der Waals surface area contributed by atoms with Crippen molar-refractivity contribution in [3.8, 4) is 11.6 Å². The molecule has 2 aromatic heterocycles. The number of amidine groups is 1. The number of aliphatic imine (C=N–C) groups is 1. The highest BCUT2D eigenvalue weighted by molar-refractivity contribution is 6.30. The van der Waals surface area contributed by atoms with Gasteiger partial charge in [0.15, 0.2) is 5.84 Å². The van der Waals surface area contributed by atoms with Gasteiger partial charge in [-0.3, -0.25) is 14.4 Å². The molecule has 0 saturated carbocycles. The Balaban J connectivity index is 1.69. The number of hydrogen-bond acceptors (Lipinski definition) is 6. The predicted octanol–water partition coefficient (Wildman–Crippen LogP) is 3.99. The second-order valence-corrected chi connectivity index (χ2v) is 7.05. The molecule has 3 aromatic rings. The van der Waals surface area contributed by atoms with E-state index in [1.54, 1.807) is 24.2 Å². The zero-order valence-electron chi connectivity index (χ0n) is 15.1. The maximum atomic E-state index is 5.99. The van der Waals surface area contributed by atoms with Crippen molar-refractivity contribution in [3.63, 3.8) is 0 Å². The summed E-state index contributed by atoms with van der Waals surface area (Å²) in [5.74, 6) is 0.935. The molecule has 0 saturated heterocycles. The zero-order valence-corrected chi connectivity index (χ0v) is 16.6. The molecule has 0 amide bonds. The standard InChI is InChI=1S/C19H17Cl2N5O2/c1-11-17(12-3-5-13(20)6-4-12)24-18(25-28-11)14-7-8-15(19(23-14)27-2)26-9-16(21)22-10-26/h3-11,17H,1-2H3,(H,24,25). The number of hydrogen-bond donors (Lipinski definition) is 1. The van der Waals surface area contributed by atoms with Gasteiger partial charge >= 0.3 is 0 Å². The van der Waals surface area contributed by atoms with Crippen LogP contribution in [0.15, 0.2) is 53.9 Å². The number of hydroxylamine groups is 1. The van der Waals surface area contributed by atoms with E-state index in [4.69, 9.17) is 37.8 Å². The van der Waals surface area contributed by atoms with Crippen molar-refractivity contribution >= 4 is 29.0 Å². The third kappa shape index (κ3) is 3.69. The SMILES string of the molecule is COc1nc(C2=NC(c3ccc(Cl)cc3)C(C)ON2)ccc1-n1cnc(Cl)c1. The summed E-state index contributed by atoms with van der Waals surface area (Å²) in [5.41, 5.74) is 5.19. The smallest absolute Gasteiger partial charge is 0.238 e. The predicted molar refractivity (Wildman–Crippen MR) is 107 cm³/mol. The summed E-state index contributed by atoms with van der Waals surface area (Å²) in [4.78, 5) is 19.1. The van der Waals surface area contributed by atoms with Crippen molar-refractivity contribution < 1.29 is 9.57 Å². The van der Waals surface area contributed by atoms with E-state index in [2.05, 4.69) is 15.4 Å². The Bertz CT molecular complexity index is 1020. The Morgan fingerprint density at radius 1 is 1.14 bits per heavy atom. The minimum atomic E-state index is -0.187. The molecule has 1 aliphatic rings. The quantitative estimate of drug-likeness (QED) is 0.694. The van der Waals surface area contributed by atoms with Gasteiger partial charge in [0.2, 0.25) is 5.88 Å². The summed E-state index contributed by atoms with van der Waals surface area (Å²) in [5, 5.41) is 1.06. The Labute approximate surface area is 171 Å². The highest BCUT2D eigenvalue weighted by Gasteiger charge is 2.26. The summed E-state index contributed by atoms with van der Waals surface area (Å²) in [7, 11) is 1.55. The van der Waals surface area contributed by atoms with Crippen LogP contribution in [-0.4, -0.2) is 33.6 Å². The van der Waals surface area contributed by atoms with Gasteiger partial charge in [0.05, 0.1) is 7.11 Å². The first-order valence-corrected chi connectivity index (χ1v) is 9.31. The van der Waals surface area contributed by atoms with Gasteiger partial charge in [-0.1, -0.05) is 35.3 Å². The van der Waals surface area contributed by atoms with E-state index in [0.717, 1.165) is 5.56 Å². The number of benzene rings is 1. The molecule has 0 bridgehead atoms. The molecule has 0 spiro atoms. The second-order valence-electron chi connectivity index (χ2n) is 6.23. The molecule has 1 aliphatic heterocycles. The molecule has 0 aliphatic carbocycles. The van der Waals surface area contributed by atoms with Gasteiger partial charge < -0.3 is 4.74 Å². The van der Waals surface area contributed by atoms with Crippen LogP contribution in [0.2, 0.25) is 10.2 Å². The van der Waals surface area contributed by atoms with Crippen LogP contribution in [0.1, 0.15) is 24.2 Å². The van der Waals surface area contributed by atoms with Crippen LogP contribution in [-0.2, 0) is 4.84 Å². The molecule has 7 nitrogen and oxygen atoms in total. The van der Waals surface area contributed by atoms with Crippen molar-refractivity contribution in [1.82, 2.24) is 20.0 Å². The molecule has 2 atom stereocenters. The number of nitrogens with zero attached hydrogens (tertiary/aromatic N) is 4. The average molecular weight is 418 g/mol.